The molecular weight excluding hydrogens is 308 g/mol. The molecule has 6 nitrogen and oxygen atoms in total. The van der Waals surface area contributed by atoms with Crippen LogP contribution in [0.2, 0.25) is 0 Å². The number of rotatable bonds is 7. The van der Waals surface area contributed by atoms with E-state index >= 15 is 0 Å². The Hall–Kier alpha value is -1.47. The number of aryl methyl sites for hydroxylation is 1. The van der Waals surface area contributed by atoms with E-state index in [1.165, 1.54) is 0 Å². The maximum atomic E-state index is 12.5. The molecule has 3 N–H and O–H groups in total. The highest BCUT2D eigenvalue weighted by atomic mass is 16.3. The van der Waals surface area contributed by atoms with Crippen molar-refractivity contribution in [3.05, 3.63) is 35.9 Å². The normalized spacial score (nSPS) is 24.4. The third-order valence-corrected chi connectivity index (χ3v) is 4.61. The van der Waals surface area contributed by atoms with Gasteiger partial charge in [-0.2, -0.15) is 0 Å². The highest BCUT2D eigenvalue weighted by Crippen LogP contribution is 2.23. The van der Waals surface area contributed by atoms with Crippen LogP contribution in [0.3, 0.4) is 0 Å². The molecule has 1 aliphatic rings. The van der Waals surface area contributed by atoms with Gasteiger partial charge < -0.3 is 25.1 Å². The predicted octanol–water partition coefficient (Wildman–Crippen LogP) is -0.132. The second kappa shape index (κ2) is 8.58. The quantitative estimate of drug-likeness (QED) is 0.646. The fourth-order valence-electron chi connectivity index (χ4n) is 3.20. The van der Waals surface area contributed by atoms with Gasteiger partial charge in [-0.1, -0.05) is 30.3 Å². The zero-order chi connectivity index (χ0) is 17.6. The van der Waals surface area contributed by atoms with Gasteiger partial charge in [0.05, 0.1) is 19.3 Å². The fraction of sp³-hybridized carbons (Fsp3) is 0.611. The summed E-state index contributed by atoms with van der Waals surface area (Å²) < 4.78 is 0. The Morgan fingerprint density at radius 2 is 2.08 bits per heavy atom. The van der Waals surface area contributed by atoms with E-state index in [4.69, 9.17) is 5.11 Å². The van der Waals surface area contributed by atoms with E-state index in [1.54, 1.807) is 16.8 Å². The number of likely N-dealkylation sites (N-methyl/N-ethyl adjacent to an activating group) is 1. The van der Waals surface area contributed by atoms with Crippen molar-refractivity contribution < 1.29 is 20.1 Å². The molecule has 0 radical (unpaired) electrons. The Morgan fingerprint density at radius 3 is 2.75 bits per heavy atom. The van der Waals surface area contributed by atoms with Gasteiger partial charge in [0.25, 0.3) is 0 Å². The molecule has 2 rings (SSSR count). The van der Waals surface area contributed by atoms with Crippen molar-refractivity contribution in [2.24, 2.45) is 0 Å². The van der Waals surface area contributed by atoms with Crippen molar-refractivity contribution in [2.45, 2.75) is 31.0 Å². The summed E-state index contributed by atoms with van der Waals surface area (Å²) in [6.45, 7) is 1.20. The van der Waals surface area contributed by atoms with E-state index in [0.717, 1.165) is 5.56 Å². The third-order valence-electron chi connectivity index (χ3n) is 4.61. The van der Waals surface area contributed by atoms with Gasteiger partial charge in [-0.15, -0.1) is 0 Å². The standard InChI is InChI=1S/C18H28N2O4/c1-19(11-12-21)13-18(24)14-20(10-9-16(18)22)17(23)8-7-15-5-3-2-4-6-15/h2-6,16,21-22,24H,7-14H2,1H3/t16-,18+/m1/s1. The molecule has 0 unspecified atom stereocenters. The van der Waals surface area contributed by atoms with E-state index in [-0.39, 0.29) is 25.6 Å². The van der Waals surface area contributed by atoms with Gasteiger partial charge in [-0.05, 0) is 25.5 Å². The molecule has 1 saturated heterocycles. The summed E-state index contributed by atoms with van der Waals surface area (Å²) in [7, 11) is 1.77. The largest absolute Gasteiger partial charge is 0.395 e. The molecule has 1 amide bonds. The van der Waals surface area contributed by atoms with E-state index in [0.29, 0.717) is 32.4 Å². The van der Waals surface area contributed by atoms with Crippen LogP contribution >= 0.6 is 0 Å². The highest BCUT2D eigenvalue weighted by Gasteiger charge is 2.42. The van der Waals surface area contributed by atoms with Crippen molar-refractivity contribution in [1.29, 1.82) is 0 Å². The number of hydrogen-bond donors (Lipinski definition) is 3. The first-order chi connectivity index (χ1) is 11.4. The first kappa shape index (κ1) is 18.9. The summed E-state index contributed by atoms with van der Waals surface area (Å²) >= 11 is 0. The van der Waals surface area contributed by atoms with Gasteiger partial charge in [0.1, 0.15) is 5.60 Å². The molecule has 2 atom stereocenters. The number of nitrogens with zero attached hydrogens (tertiary/aromatic N) is 2. The molecular formula is C18H28N2O4. The van der Waals surface area contributed by atoms with Crippen molar-refractivity contribution >= 4 is 5.91 Å². The summed E-state index contributed by atoms with van der Waals surface area (Å²) in [5.74, 6) is -0.00557. The Balaban J connectivity index is 1.92. The summed E-state index contributed by atoms with van der Waals surface area (Å²) in [5, 5.41) is 29.9. The Kier molecular flexibility index (Phi) is 6.74. The molecule has 0 aliphatic carbocycles. The summed E-state index contributed by atoms with van der Waals surface area (Å²) in [4.78, 5) is 15.9. The minimum atomic E-state index is -1.36. The molecule has 0 bridgehead atoms. The third kappa shape index (κ3) is 5.01. The molecule has 1 aromatic rings. The number of hydrogen-bond acceptors (Lipinski definition) is 5. The van der Waals surface area contributed by atoms with Crippen LogP contribution in [0.4, 0.5) is 0 Å². The van der Waals surface area contributed by atoms with Crippen molar-refractivity contribution in [1.82, 2.24) is 9.80 Å². The van der Waals surface area contributed by atoms with Crippen LogP contribution in [-0.2, 0) is 11.2 Å². The molecule has 134 valence electrons. The minimum absolute atomic E-state index is 0.00557. The van der Waals surface area contributed by atoms with Gasteiger partial charge in [-0.3, -0.25) is 4.79 Å². The fourth-order valence-corrected chi connectivity index (χ4v) is 3.20. The van der Waals surface area contributed by atoms with Gasteiger partial charge >= 0.3 is 0 Å². The number of benzene rings is 1. The number of amides is 1. The Morgan fingerprint density at radius 1 is 1.38 bits per heavy atom. The number of aliphatic hydroxyl groups excluding tert-OH is 2. The molecule has 1 fully saturated rings. The molecule has 1 aromatic carbocycles. The lowest BCUT2D eigenvalue weighted by Crippen LogP contribution is -2.62. The maximum Gasteiger partial charge on any atom is 0.223 e. The van der Waals surface area contributed by atoms with Crippen LogP contribution in [0.25, 0.3) is 0 Å². The summed E-state index contributed by atoms with van der Waals surface area (Å²) in [6.07, 6.45) is 0.557. The second-order valence-corrected chi connectivity index (χ2v) is 6.67. The van der Waals surface area contributed by atoms with Crippen LogP contribution < -0.4 is 0 Å². The van der Waals surface area contributed by atoms with Crippen LogP contribution in [-0.4, -0.2) is 82.6 Å². The maximum absolute atomic E-state index is 12.5. The molecule has 24 heavy (non-hydrogen) atoms. The number of carbonyl (C=O) groups excluding carboxylic acids is 1. The van der Waals surface area contributed by atoms with E-state index in [2.05, 4.69) is 0 Å². The van der Waals surface area contributed by atoms with Crippen molar-refractivity contribution in [2.75, 3.05) is 39.8 Å². The lowest BCUT2D eigenvalue weighted by atomic mass is 9.88. The number of piperidine rings is 1. The molecule has 0 aromatic heterocycles. The van der Waals surface area contributed by atoms with Gasteiger partial charge in [0.15, 0.2) is 0 Å². The predicted molar refractivity (Wildman–Crippen MR) is 91.5 cm³/mol. The lowest BCUT2D eigenvalue weighted by molar-refractivity contribution is -0.155. The first-order valence-corrected chi connectivity index (χ1v) is 8.46. The topological polar surface area (TPSA) is 84.2 Å². The number of carbonyl (C=O) groups is 1. The lowest BCUT2D eigenvalue weighted by Gasteiger charge is -2.44. The highest BCUT2D eigenvalue weighted by molar-refractivity contribution is 5.76. The van der Waals surface area contributed by atoms with E-state index < -0.39 is 11.7 Å². The molecule has 1 heterocycles. The van der Waals surface area contributed by atoms with E-state index in [9.17, 15) is 15.0 Å². The van der Waals surface area contributed by atoms with Crippen LogP contribution in [0.5, 0.6) is 0 Å². The first-order valence-electron chi connectivity index (χ1n) is 8.46. The average Bonchev–Trinajstić information content (AvgIpc) is 2.56. The number of β-amino-alcohol motifs (C(OH)–C–C–N with tert-alkyl or cyclic N) is 1. The van der Waals surface area contributed by atoms with Gasteiger partial charge in [0, 0.05) is 26.1 Å². The molecule has 0 spiro atoms. The van der Waals surface area contributed by atoms with Gasteiger partial charge in [-0.25, -0.2) is 0 Å². The molecule has 6 heteroatoms. The van der Waals surface area contributed by atoms with Gasteiger partial charge in [0.2, 0.25) is 5.91 Å². The summed E-state index contributed by atoms with van der Waals surface area (Å²) in [6, 6.07) is 9.83. The number of likely N-dealkylation sites (tertiary alicyclic amines) is 1. The van der Waals surface area contributed by atoms with E-state index in [1.807, 2.05) is 30.3 Å². The van der Waals surface area contributed by atoms with Crippen molar-refractivity contribution in [3.63, 3.8) is 0 Å². The smallest absolute Gasteiger partial charge is 0.223 e. The number of aliphatic hydroxyl groups is 3. The monoisotopic (exact) mass is 336 g/mol. The van der Waals surface area contributed by atoms with Crippen LogP contribution in [0.1, 0.15) is 18.4 Å². The summed E-state index contributed by atoms with van der Waals surface area (Å²) in [5.41, 5.74) is -0.245. The van der Waals surface area contributed by atoms with Crippen molar-refractivity contribution in [3.8, 4) is 0 Å². The van der Waals surface area contributed by atoms with Crippen LogP contribution in [0.15, 0.2) is 30.3 Å². The molecule has 0 saturated carbocycles. The second-order valence-electron chi connectivity index (χ2n) is 6.67. The minimum Gasteiger partial charge on any atom is -0.395 e. The zero-order valence-corrected chi connectivity index (χ0v) is 14.3. The Bertz CT molecular complexity index is 525. The Labute approximate surface area is 143 Å². The average molecular weight is 336 g/mol. The molecule has 1 aliphatic heterocycles. The SMILES string of the molecule is CN(CCO)C[C@]1(O)CN(C(=O)CCc2ccccc2)CC[C@H]1O. The van der Waals surface area contributed by atoms with Crippen LogP contribution in [0, 0.1) is 0 Å². The zero-order valence-electron chi connectivity index (χ0n) is 14.3.